The summed E-state index contributed by atoms with van der Waals surface area (Å²) in [6.45, 7) is 3.89. The third kappa shape index (κ3) is 5.94. The molecule has 1 saturated heterocycles. The van der Waals surface area contributed by atoms with Gasteiger partial charge in [-0.15, -0.1) is 0 Å². The number of piperidine rings is 1. The summed E-state index contributed by atoms with van der Waals surface area (Å²) in [7, 11) is -3.29. The Morgan fingerprint density at radius 1 is 1.03 bits per heavy atom. The maximum Gasteiger partial charge on any atom is 0.220 e. The lowest BCUT2D eigenvalue weighted by atomic mass is 9.93. The Labute approximate surface area is 213 Å². The van der Waals surface area contributed by atoms with Gasteiger partial charge in [-0.25, -0.2) is 22.7 Å². The topological polar surface area (TPSA) is 86.2 Å². The van der Waals surface area contributed by atoms with E-state index in [2.05, 4.69) is 23.6 Å². The van der Waals surface area contributed by atoms with Gasteiger partial charge in [0.05, 0.1) is 23.9 Å². The molecule has 2 atom stereocenters. The highest BCUT2D eigenvalue weighted by molar-refractivity contribution is 7.88. The average Bonchev–Trinajstić information content (AvgIpc) is 2.89. The second-order valence-corrected chi connectivity index (χ2v) is 11.7. The molecule has 7 nitrogen and oxygen atoms in total. The molecule has 2 aliphatic heterocycles. The van der Waals surface area contributed by atoms with Gasteiger partial charge in [-0.05, 0) is 48.1 Å². The van der Waals surface area contributed by atoms with E-state index in [-0.39, 0.29) is 17.8 Å². The maximum absolute atomic E-state index is 12.8. The molecule has 2 aromatic rings. The highest BCUT2D eigenvalue weighted by Gasteiger charge is 2.29. The van der Waals surface area contributed by atoms with Crippen molar-refractivity contribution in [1.29, 1.82) is 0 Å². The van der Waals surface area contributed by atoms with Crippen LogP contribution in [0.3, 0.4) is 0 Å². The van der Waals surface area contributed by atoms with Crippen molar-refractivity contribution in [1.82, 2.24) is 9.62 Å². The summed E-state index contributed by atoms with van der Waals surface area (Å²) in [4.78, 5) is 9.44. The molecule has 188 valence electrons. The summed E-state index contributed by atoms with van der Waals surface area (Å²) >= 11 is 0. The second-order valence-electron chi connectivity index (χ2n) is 9.73. The number of nitrogens with zero attached hydrogens (tertiary/aromatic N) is 3. The molecule has 5 rings (SSSR count). The Bertz CT molecular complexity index is 1270. The number of anilines is 1. The van der Waals surface area contributed by atoms with Crippen molar-refractivity contribution in [3.8, 4) is 0 Å². The van der Waals surface area contributed by atoms with Crippen LogP contribution in [0.1, 0.15) is 30.9 Å². The molecular weight excluding hydrogens is 470 g/mol. The van der Waals surface area contributed by atoms with Crippen molar-refractivity contribution in [2.45, 2.75) is 38.2 Å². The van der Waals surface area contributed by atoms with Crippen LogP contribution in [-0.2, 0) is 22.3 Å². The van der Waals surface area contributed by atoms with E-state index < -0.39 is 10.0 Å². The monoisotopic (exact) mass is 503 g/mol. The van der Waals surface area contributed by atoms with Gasteiger partial charge < -0.3 is 10.6 Å². The first-order valence-electron chi connectivity index (χ1n) is 12.6. The van der Waals surface area contributed by atoms with E-state index in [9.17, 15) is 8.42 Å². The minimum Gasteiger partial charge on any atom is -0.364 e. The van der Waals surface area contributed by atoms with Crippen LogP contribution in [0.4, 0.5) is 5.69 Å². The van der Waals surface area contributed by atoms with E-state index in [1.54, 1.807) is 4.31 Å². The Morgan fingerprint density at radius 2 is 1.75 bits per heavy atom. The van der Waals surface area contributed by atoms with Gasteiger partial charge in [0.1, 0.15) is 6.17 Å². The van der Waals surface area contributed by atoms with Crippen LogP contribution in [0.2, 0.25) is 0 Å². The number of aliphatic imine (C=N–C) groups is 2. The largest absolute Gasteiger partial charge is 0.364 e. The van der Waals surface area contributed by atoms with E-state index in [1.165, 1.54) is 0 Å². The van der Waals surface area contributed by atoms with Crippen molar-refractivity contribution in [2.75, 3.05) is 18.4 Å². The maximum atomic E-state index is 12.8. The number of hydrogen-bond donors (Lipinski definition) is 2. The molecular formula is C28H33N5O2S. The van der Waals surface area contributed by atoms with Crippen LogP contribution in [0.25, 0.3) is 0 Å². The van der Waals surface area contributed by atoms with Crippen molar-refractivity contribution >= 4 is 27.4 Å². The van der Waals surface area contributed by atoms with Crippen LogP contribution in [0, 0.1) is 11.8 Å². The van der Waals surface area contributed by atoms with Gasteiger partial charge in [-0.1, -0.05) is 67.6 Å². The normalized spacial score (nSPS) is 23.7. The fraction of sp³-hybridized carbons (Fsp3) is 0.357. The summed E-state index contributed by atoms with van der Waals surface area (Å²) in [5, 5.41) is 6.98. The van der Waals surface area contributed by atoms with E-state index in [1.807, 2.05) is 72.8 Å². The van der Waals surface area contributed by atoms with Gasteiger partial charge in [0, 0.05) is 18.8 Å². The lowest BCUT2D eigenvalue weighted by Crippen LogP contribution is -2.51. The zero-order valence-corrected chi connectivity index (χ0v) is 21.4. The first kappa shape index (κ1) is 24.5. The average molecular weight is 504 g/mol. The molecule has 0 radical (unpaired) electrons. The molecule has 2 N–H and O–H groups in total. The van der Waals surface area contributed by atoms with Crippen LogP contribution in [-0.4, -0.2) is 43.6 Å². The van der Waals surface area contributed by atoms with Gasteiger partial charge in [-0.2, -0.15) is 0 Å². The van der Waals surface area contributed by atoms with E-state index >= 15 is 0 Å². The number of benzene rings is 2. The Morgan fingerprint density at radius 3 is 2.50 bits per heavy atom. The molecule has 1 aliphatic carbocycles. The van der Waals surface area contributed by atoms with Crippen molar-refractivity contribution in [2.24, 2.45) is 21.8 Å². The third-order valence-corrected chi connectivity index (χ3v) is 8.78. The van der Waals surface area contributed by atoms with Gasteiger partial charge in [0.2, 0.25) is 16.0 Å². The zero-order valence-electron chi connectivity index (χ0n) is 20.5. The van der Waals surface area contributed by atoms with Gasteiger partial charge in [0.25, 0.3) is 0 Å². The quantitative estimate of drug-likeness (QED) is 0.589. The van der Waals surface area contributed by atoms with Gasteiger partial charge in [-0.3, -0.25) is 0 Å². The Hall–Kier alpha value is -3.23. The first-order valence-corrected chi connectivity index (χ1v) is 14.2. The molecule has 2 unspecified atom stereocenters. The number of para-hydroxylation sites is 1. The zero-order chi connectivity index (χ0) is 25.0. The lowest BCUT2D eigenvalue weighted by molar-refractivity contribution is 0.287. The summed E-state index contributed by atoms with van der Waals surface area (Å²) in [5.41, 5.74) is 3.81. The summed E-state index contributed by atoms with van der Waals surface area (Å²) < 4.78 is 27.3. The van der Waals surface area contributed by atoms with E-state index in [4.69, 9.17) is 9.98 Å². The van der Waals surface area contributed by atoms with Crippen LogP contribution in [0.5, 0.6) is 0 Å². The highest BCUT2D eigenvalue weighted by atomic mass is 32.2. The van der Waals surface area contributed by atoms with Crippen LogP contribution < -0.4 is 10.6 Å². The van der Waals surface area contributed by atoms with Crippen molar-refractivity contribution < 1.29 is 8.42 Å². The molecule has 0 saturated carbocycles. The minimum atomic E-state index is -3.29. The highest BCUT2D eigenvalue weighted by Crippen LogP contribution is 2.22. The Balaban J connectivity index is 1.24. The van der Waals surface area contributed by atoms with Gasteiger partial charge >= 0.3 is 0 Å². The molecule has 2 heterocycles. The minimum absolute atomic E-state index is 0.0411. The molecule has 1 fully saturated rings. The van der Waals surface area contributed by atoms with Crippen LogP contribution >= 0.6 is 0 Å². The number of allylic oxidation sites excluding steroid dienone is 3. The molecule has 2 aromatic carbocycles. The number of rotatable bonds is 7. The number of hydrogen-bond acceptors (Lipinski definition) is 4. The Kier molecular flexibility index (Phi) is 7.34. The fourth-order valence-corrected chi connectivity index (χ4v) is 6.28. The molecule has 0 bridgehead atoms. The third-order valence-electron chi connectivity index (χ3n) is 6.93. The summed E-state index contributed by atoms with van der Waals surface area (Å²) in [6, 6.07) is 17.8. The van der Waals surface area contributed by atoms with E-state index in [0.717, 1.165) is 35.4 Å². The SMILES string of the molecule is CC1CCN(S(=O)(=O)Cc2ccc(CN=C3N=C4C=CC=CC4C(Nc4ccccc4)N3)cc2)CC1. The number of fused-ring (bicyclic) bond motifs is 1. The van der Waals surface area contributed by atoms with Crippen LogP contribution in [0.15, 0.2) is 88.9 Å². The molecule has 0 aromatic heterocycles. The van der Waals surface area contributed by atoms with Crippen molar-refractivity contribution in [3.63, 3.8) is 0 Å². The lowest BCUT2D eigenvalue weighted by Gasteiger charge is -2.33. The number of guanidine groups is 1. The molecule has 0 spiro atoms. The molecule has 0 amide bonds. The summed E-state index contributed by atoms with van der Waals surface area (Å²) in [5.74, 6) is 1.33. The van der Waals surface area contributed by atoms with Crippen molar-refractivity contribution in [3.05, 3.63) is 90.0 Å². The van der Waals surface area contributed by atoms with E-state index in [0.29, 0.717) is 31.5 Å². The standard InChI is InChI=1S/C28H33N5O2S/c1-21-15-17-33(18-16-21)36(34,35)20-23-13-11-22(12-14-23)19-29-28-31-26-10-6-5-9-25(26)27(32-28)30-24-7-3-2-4-8-24/h2-14,21,25,27,30H,15-20H2,1H3,(H,29,32). The number of nitrogens with one attached hydrogen (secondary N) is 2. The first-order chi connectivity index (χ1) is 17.5. The summed E-state index contributed by atoms with van der Waals surface area (Å²) in [6.07, 6.45) is 10.0. The number of sulfonamides is 1. The predicted octanol–water partition coefficient (Wildman–Crippen LogP) is 4.33. The fourth-order valence-electron chi connectivity index (χ4n) is 4.72. The smallest absolute Gasteiger partial charge is 0.220 e. The molecule has 8 heteroatoms. The second kappa shape index (κ2) is 10.8. The molecule has 3 aliphatic rings. The predicted molar refractivity (Wildman–Crippen MR) is 146 cm³/mol. The molecule has 36 heavy (non-hydrogen) atoms. The van der Waals surface area contributed by atoms with Gasteiger partial charge in [0.15, 0.2) is 0 Å².